The molecule has 1 aromatic carbocycles. The number of H-pyrrole nitrogens is 1. The maximum Gasteiger partial charge on any atom is 0.416 e. The molecule has 24 heavy (non-hydrogen) atoms. The molecule has 0 saturated carbocycles. The first-order valence-electron chi connectivity index (χ1n) is 7.27. The van der Waals surface area contributed by atoms with E-state index >= 15 is 0 Å². The standard InChI is InChI=1S/C17H15F3N4/c1-10-9-22-11(2)15(10)14-7-8-21-16(24-14)23-13-5-3-12(4-6-13)17(18,19)20/h3-9,22H,1-2H3,(H,21,23,24). The minimum Gasteiger partial charge on any atom is -0.364 e. The molecule has 4 nitrogen and oxygen atoms in total. The van der Waals surface area contributed by atoms with Crippen molar-refractivity contribution in [1.82, 2.24) is 15.0 Å². The lowest BCUT2D eigenvalue weighted by Gasteiger charge is -2.09. The number of aromatic nitrogens is 3. The Hall–Kier alpha value is -2.83. The van der Waals surface area contributed by atoms with E-state index in [2.05, 4.69) is 20.3 Å². The van der Waals surface area contributed by atoms with Crippen LogP contribution in [0.3, 0.4) is 0 Å². The Kier molecular flexibility index (Phi) is 4.01. The molecule has 3 aromatic rings. The van der Waals surface area contributed by atoms with Crippen molar-refractivity contribution in [3.63, 3.8) is 0 Å². The molecular formula is C17H15F3N4. The van der Waals surface area contributed by atoms with Gasteiger partial charge in [0, 0.05) is 29.3 Å². The van der Waals surface area contributed by atoms with Gasteiger partial charge in [-0.3, -0.25) is 0 Å². The number of nitrogens with one attached hydrogen (secondary N) is 2. The predicted octanol–water partition coefficient (Wildman–Crippen LogP) is 4.85. The van der Waals surface area contributed by atoms with Crippen LogP contribution in [0.2, 0.25) is 0 Å². The smallest absolute Gasteiger partial charge is 0.364 e. The summed E-state index contributed by atoms with van der Waals surface area (Å²) in [6.07, 6.45) is -0.839. The zero-order chi connectivity index (χ0) is 17.3. The van der Waals surface area contributed by atoms with E-state index in [1.807, 2.05) is 20.0 Å². The van der Waals surface area contributed by atoms with Gasteiger partial charge in [0.25, 0.3) is 0 Å². The van der Waals surface area contributed by atoms with Crippen molar-refractivity contribution in [1.29, 1.82) is 0 Å². The summed E-state index contributed by atoms with van der Waals surface area (Å²) in [6.45, 7) is 3.93. The van der Waals surface area contributed by atoms with Gasteiger partial charge < -0.3 is 10.3 Å². The first-order valence-corrected chi connectivity index (χ1v) is 7.27. The lowest BCUT2D eigenvalue weighted by Crippen LogP contribution is -2.05. The molecule has 0 amide bonds. The van der Waals surface area contributed by atoms with E-state index in [-0.39, 0.29) is 0 Å². The fourth-order valence-electron chi connectivity index (χ4n) is 2.48. The molecule has 3 rings (SSSR count). The van der Waals surface area contributed by atoms with Gasteiger partial charge in [0.2, 0.25) is 5.95 Å². The van der Waals surface area contributed by atoms with Gasteiger partial charge in [0.05, 0.1) is 11.3 Å². The molecule has 0 aliphatic rings. The number of halogens is 3. The molecule has 0 fully saturated rings. The minimum atomic E-state index is -4.35. The number of alkyl halides is 3. The van der Waals surface area contributed by atoms with Crippen LogP contribution in [0.15, 0.2) is 42.7 Å². The highest BCUT2D eigenvalue weighted by Crippen LogP contribution is 2.30. The summed E-state index contributed by atoms with van der Waals surface area (Å²) in [5.41, 5.74) is 3.59. The highest BCUT2D eigenvalue weighted by molar-refractivity contribution is 5.67. The number of anilines is 2. The molecule has 0 bridgehead atoms. The number of rotatable bonds is 3. The van der Waals surface area contributed by atoms with Gasteiger partial charge in [-0.15, -0.1) is 0 Å². The Bertz CT molecular complexity index is 832. The third-order valence-electron chi connectivity index (χ3n) is 3.65. The Balaban J connectivity index is 1.85. The number of nitrogens with zero attached hydrogens (tertiary/aromatic N) is 2. The molecule has 2 heterocycles. The van der Waals surface area contributed by atoms with E-state index in [4.69, 9.17) is 0 Å². The van der Waals surface area contributed by atoms with Crippen LogP contribution in [-0.2, 0) is 6.18 Å². The second-order valence-electron chi connectivity index (χ2n) is 5.44. The van der Waals surface area contributed by atoms with Gasteiger partial charge in [-0.25, -0.2) is 9.97 Å². The minimum absolute atomic E-state index is 0.326. The summed E-state index contributed by atoms with van der Waals surface area (Å²) in [6, 6.07) is 6.54. The molecular weight excluding hydrogens is 317 g/mol. The maximum atomic E-state index is 12.6. The van der Waals surface area contributed by atoms with Gasteiger partial charge in [0.15, 0.2) is 0 Å². The summed E-state index contributed by atoms with van der Waals surface area (Å²) in [5, 5.41) is 2.92. The Labute approximate surface area is 136 Å². The van der Waals surface area contributed by atoms with Crippen molar-refractivity contribution in [2.45, 2.75) is 20.0 Å². The molecule has 0 radical (unpaired) electrons. The van der Waals surface area contributed by atoms with Gasteiger partial charge >= 0.3 is 6.18 Å². The van der Waals surface area contributed by atoms with Crippen LogP contribution in [0.4, 0.5) is 24.8 Å². The normalized spacial score (nSPS) is 11.5. The van der Waals surface area contributed by atoms with Gasteiger partial charge in [-0.1, -0.05) is 0 Å². The largest absolute Gasteiger partial charge is 0.416 e. The fourth-order valence-corrected chi connectivity index (χ4v) is 2.48. The van der Waals surface area contributed by atoms with Crippen molar-refractivity contribution in [3.8, 4) is 11.3 Å². The Morgan fingerprint density at radius 2 is 1.75 bits per heavy atom. The van der Waals surface area contributed by atoms with E-state index in [1.165, 1.54) is 12.1 Å². The van der Waals surface area contributed by atoms with Crippen molar-refractivity contribution in [3.05, 3.63) is 59.5 Å². The molecule has 2 N–H and O–H groups in total. The van der Waals surface area contributed by atoms with Crippen molar-refractivity contribution >= 4 is 11.6 Å². The molecule has 124 valence electrons. The second-order valence-corrected chi connectivity index (χ2v) is 5.44. The SMILES string of the molecule is Cc1c[nH]c(C)c1-c1ccnc(Nc2ccc(C(F)(F)F)cc2)n1. The van der Waals surface area contributed by atoms with Crippen LogP contribution in [0, 0.1) is 13.8 Å². The molecule has 7 heteroatoms. The van der Waals surface area contributed by atoms with Crippen molar-refractivity contribution < 1.29 is 13.2 Å². The summed E-state index contributed by atoms with van der Waals surface area (Å²) in [4.78, 5) is 11.7. The molecule has 0 saturated heterocycles. The van der Waals surface area contributed by atoms with Crippen LogP contribution in [-0.4, -0.2) is 15.0 Å². The Morgan fingerprint density at radius 3 is 2.33 bits per heavy atom. The van der Waals surface area contributed by atoms with Gasteiger partial charge in [-0.05, 0) is 49.7 Å². The Morgan fingerprint density at radius 1 is 1.04 bits per heavy atom. The van der Waals surface area contributed by atoms with Crippen molar-refractivity contribution in [2.75, 3.05) is 5.32 Å². The monoisotopic (exact) mass is 332 g/mol. The zero-order valence-corrected chi connectivity index (χ0v) is 13.1. The van der Waals surface area contributed by atoms with Crippen LogP contribution in [0.5, 0.6) is 0 Å². The number of aryl methyl sites for hydroxylation is 2. The van der Waals surface area contributed by atoms with Crippen LogP contribution >= 0.6 is 0 Å². The van der Waals surface area contributed by atoms with Gasteiger partial charge in [-0.2, -0.15) is 13.2 Å². The van der Waals surface area contributed by atoms with Crippen LogP contribution in [0.25, 0.3) is 11.3 Å². The highest BCUT2D eigenvalue weighted by Gasteiger charge is 2.29. The average Bonchev–Trinajstić information content (AvgIpc) is 2.86. The van der Waals surface area contributed by atoms with E-state index in [0.29, 0.717) is 11.6 Å². The molecule has 2 aromatic heterocycles. The second kappa shape index (κ2) is 5.99. The average molecular weight is 332 g/mol. The van der Waals surface area contributed by atoms with Gasteiger partial charge in [0.1, 0.15) is 0 Å². The molecule has 0 atom stereocenters. The summed E-state index contributed by atoms with van der Waals surface area (Å²) < 4.78 is 37.8. The molecule has 0 unspecified atom stereocenters. The first-order chi connectivity index (χ1) is 11.3. The predicted molar refractivity (Wildman–Crippen MR) is 86.0 cm³/mol. The maximum absolute atomic E-state index is 12.6. The quantitative estimate of drug-likeness (QED) is 0.721. The first kappa shape index (κ1) is 16.0. The zero-order valence-electron chi connectivity index (χ0n) is 13.1. The lowest BCUT2D eigenvalue weighted by molar-refractivity contribution is -0.137. The fraction of sp³-hybridized carbons (Fsp3) is 0.176. The van der Waals surface area contributed by atoms with Crippen LogP contribution < -0.4 is 5.32 Å². The number of benzene rings is 1. The lowest BCUT2D eigenvalue weighted by atomic mass is 10.1. The summed E-state index contributed by atoms with van der Waals surface area (Å²) in [5.74, 6) is 0.326. The van der Waals surface area contributed by atoms with Crippen LogP contribution in [0.1, 0.15) is 16.8 Å². The molecule has 0 aliphatic heterocycles. The summed E-state index contributed by atoms with van der Waals surface area (Å²) >= 11 is 0. The number of aromatic amines is 1. The third-order valence-corrected chi connectivity index (χ3v) is 3.65. The van der Waals surface area contributed by atoms with E-state index in [9.17, 15) is 13.2 Å². The third kappa shape index (κ3) is 3.24. The van der Waals surface area contributed by atoms with E-state index in [1.54, 1.807) is 12.3 Å². The summed E-state index contributed by atoms with van der Waals surface area (Å²) in [7, 11) is 0. The molecule has 0 spiro atoms. The molecule has 0 aliphatic carbocycles. The highest BCUT2D eigenvalue weighted by atomic mass is 19.4. The number of hydrogen-bond donors (Lipinski definition) is 2. The topological polar surface area (TPSA) is 53.6 Å². The van der Waals surface area contributed by atoms with E-state index < -0.39 is 11.7 Å². The van der Waals surface area contributed by atoms with Crippen molar-refractivity contribution in [2.24, 2.45) is 0 Å². The van der Waals surface area contributed by atoms with E-state index in [0.717, 1.165) is 34.6 Å². The number of hydrogen-bond acceptors (Lipinski definition) is 3.